The molecule has 0 heterocycles. The molecule has 3 atom stereocenters. The van der Waals surface area contributed by atoms with Gasteiger partial charge in [-0.05, 0) is 96.3 Å². The third-order valence-corrected chi connectivity index (χ3v) is 12.5. The highest BCUT2D eigenvalue weighted by Gasteiger charge is 2.24. The minimum absolute atomic E-state index is 0.0429. The number of hydrogen-bond acceptors (Lipinski definition) is 5. The van der Waals surface area contributed by atoms with E-state index < -0.39 is 18.2 Å². The van der Waals surface area contributed by atoms with Crippen LogP contribution in [0.5, 0.6) is 0 Å². The maximum absolute atomic E-state index is 13.3. The molecule has 0 saturated carbocycles. The summed E-state index contributed by atoms with van der Waals surface area (Å²) in [4.78, 5) is 26.3. The van der Waals surface area contributed by atoms with E-state index in [1.165, 1.54) is 109 Å². The molecule has 0 spiro atoms. The predicted molar refractivity (Wildman–Crippen MR) is 291 cm³/mol. The zero-order valence-corrected chi connectivity index (χ0v) is 44.0. The molecule has 3 unspecified atom stereocenters. The third-order valence-electron chi connectivity index (χ3n) is 12.5. The van der Waals surface area contributed by atoms with Crippen LogP contribution in [0.3, 0.4) is 0 Å². The smallest absolute Gasteiger partial charge is 0.306 e. The van der Waals surface area contributed by atoms with Gasteiger partial charge in [0.15, 0.2) is 0 Å². The lowest BCUT2D eigenvalue weighted by Gasteiger charge is -2.24. The summed E-state index contributed by atoms with van der Waals surface area (Å²) in [7, 11) is 0. The molecule has 386 valence electrons. The van der Waals surface area contributed by atoms with E-state index in [2.05, 4.69) is 111 Å². The number of nitrogens with one attached hydrogen (secondary N) is 1. The van der Waals surface area contributed by atoms with Crippen LogP contribution in [0.15, 0.2) is 85.1 Å². The Hall–Kier alpha value is -2.96. The van der Waals surface area contributed by atoms with Crippen molar-refractivity contribution in [3.05, 3.63) is 85.1 Å². The highest BCUT2D eigenvalue weighted by molar-refractivity contribution is 5.77. The second kappa shape index (κ2) is 54.0. The van der Waals surface area contributed by atoms with Gasteiger partial charge in [0.05, 0.1) is 25.2 Å². The van der Waals surface area contributed by atoms with Crippen LogP contribution in [0.25, 0.3) is 0 Å². The Morgan fingerprint density at radius 1 is 0.463 bits per heavy atom. The first-order valence-corrected chi connectivity index (χ1v) is 28.3. The zero-order chi connectivity index (χ0) is 48.8. The van der Waals surface area contributed by atoms with E-state index in [0.29, 0.717) is 19.3 Å². The Labute approximate surface area is 414 Å². The van der Waals surface area contributed by atoms with E-state index in [0.717, 1.165) is 109 Å². The van der Waals surface area contributed by atoms with Crippen molar-refractivity contribution in [1.82, 2.24) is 5.32 Å². The normalized spacial score (nSPS) is 13.8. The van der Waals surface area contributed by atoms with Crippen molar-refractivity contribution in [2.24, 2.45) is 0 Å². The number of aliphatic hydroxyl groups is 2. The van der Waals surface area contributed by atoms with Crippen LogP contribution < -0.4 is 5.32 Å². The number of amides is 1. The first kappa shape index (κ1) is 64.0. The fourth-order valence-electron chi connectivity index (χ4n) is 8.21. The molecule has 6 nitrogen and oxygen atoms in total. The van der Waals surface area contributed by atoms with Crippen molar-refractivity contribution < 1.29 is 24.5 Å². The molecule has 0 rings (SSSR count). The lowest BCUT2D eigenvalue weighted by molar-refractivity contribution is -0.151. The number of carbonyl (C=O) groups excluding carboxylic acids is 2. The molecule has 0 saturated heterocycles. The van der Waals surface area contributed by atoms with Crippen LogP contribution in [-0.2, 0) is 14.3 Å². The molecule has 0 bridgehead atoms. The minimum Gasteiger partial charge on any atom is -0.462 e. The minimum atomic E-state index is -0.805. The first-order valence-electron chi connectivity index (χ1n) is 28.3. The summed E-state index contributed by atoms with van der Waals surface area (Å²) in [5.41, 5.74) is 0. The standard InChI is InChI=1S/C61H107NO5/c1-4-7-10-13-16-19-22-25-27-29-30-31-33-36-39-42-45-48-51-54-61(66)67-57(52-49-46-43-40-37-35-32-28-26-23-20-17-14-11-8-5-2)55-60(65)62-58(56-63)59(64)53-50-47-44-41-38-34-24-21-18-15-12-9-6-3/h7,10,16,19,25,27-28,30-32,35-37,39,57-59,63-64H,4-6,8-9,11-15,17-18,20-24,26,29,33-34,38,40-56H2,1-3H3,(H,62,65)/b10-7-,19-16-,27-25-,31-30-,32-28+,37-35+,39-36-. The molecular weight excluding hydrogens is 827 g/mol. The SMILES string of the molecule is CC/C=C\C/C=C\C/C=C\C/C=C\C/C=C\CCCCCC(=O)OC(CCCCC/C=C/C=C/CCCCCCCCC)CC(=O)NC(CO)C(O)CCCCCCCCCCCCCCC. The molecule has 1 amide bonds. The molecule has 0 aromatic rings. The maximum atomic E-state index is 13.3. The summed E-state index contributed by atoms with van der Waals surface area (Å²) in [6.07, 6.45) is 70.7. The molecule has 0 aliphatic rings. The molecule has 0 fully saturated rings. The summed E-state index contributed by atoms with van der Waals surface area (Å²) in [6.45, 7) is 6.36. The van der Waals surface area contributed by atoms with Crippen molar-refractivity contribution >= 4 is 11.9 Å². The summed E-state index contributed by atoms with van der Waals surface area (Å²) < 4.78 is 5.93. The maximum Gasteiger partial charge on any atom is 0.306 e. The predicted octanol–water partition coefficient (Wildman–Crippen LogP) is 17.5. The third kappa shape index (κ3) is 49.3. The average Bonchev–Trinajstić information content (AvgIpc) is 3.32. The van der Waals surface area contributed by atoms with Gasteiger partial charge in [0.25, 0.3) is 0 Å². The summed E-state index contributed by atoms with van der Waals surface area (Å²) in [5, 5.41) is 23.8. The quantitative estimate of drug-likeness (QED) is 0.0244. The van der Waals surface area contributed by atoms with Gasteiger partial charge in [0, 0.05) is 6.42 Å². The number of hydrogen-bond donors (Lipinski definition) is 3. The largest absolute Gasteiger partial charge is 0.462 e. The first-order chi connectivity index (χ1) is 33.0. The van der Waals surface area contributed by atoms with E-state index >= 15 is 0 Å². The zero-order valence-electron chi connectivity index (χ0n) is 44.0. The molecule has 6 heteroatoms. The summed E-state index contributed by atoms with van der Waals surface area (Å²) >= 11 is 0. The number of ether oxygens (including phenoxy) is 1. The molecule has 0 aliphatic carbocycles. The Morgan fingerprint density at radius 3 is 1.33 bits per heavy atom. The fourth-order valence-corrected chi connectivity index (χ4v) is 8.21. The molecule has 0 aromatic carbocycles. The molecule has 0 aromatic heterocycles. The number of allylic oxidation sites excluding steroid dienone is 14. The monoisotopic (exact) mass is 934 g/mol. The number of rotatable bonds is 50. The van der Waals surface area contributed by atoms with Crippen molar-refractivity contribution in [1.29, 1.82) is 0 Å². The van der Waals surface area contributed by atoms with Crippen molar-refractivity contribution in [3.8, 4) is 0 Å². The van der Waals surface area contributed by atoms with Crippen LogP contribution in [0.1, 0.15) is 265 Å². The van der Waals surface area contributed by atoms with E-state index in [-0.39, 0.29) is 24.9 Å². The van der Waals surface area contributed by atoms with E-state index in [1.807, 2.05) is 0 Å². The average molecular weight is 935 g/mol. The van der Waals surface area contributed by atoms with E-state index in [4.69, 9.17) is 4.74 Å². The molecule has 3 N–H and O–H groups in total. The van der Waals surface area contributed by atoms with Gasteiger partial charge in [-0.1, -0.05) is 241 Å². The van der Waals surface area contributed by atoms with Crippen LogP contribution >= 0.6 is 0 Å². The Balaban J connectivity index is 4.69. The molecule has 0 radical (unpaired) electrons. The number of aliphatic hydroxyl groups excluding tert-OH is 2. The Kier molecular flexibility index (Phi) is 51.6. The molecule has 67 heavy (non-hydrogen) atoms. The number of carbonyl (C=O) groups is 2. The second-order valence-electron chi connectivity index (χ2n) is 19.0. The van der Waals surface area contributed by atoms with Gasteiger partial charge in [0.2, 0.25) is 5.91 Å². The van der Waals surface area contributed by atoms with E-state index in [1.54, 1.807) is 0 Å². The molecule has 0 aliphatic heterocycles. The van der Waals surface area contributed by atoms with Gasteiger partial charge < -0.3 is 20.3 Å². The number of esters is 1. The lowest BCUT2D eigenvalue weighted by atomic mass is 10.0. The second-order valence-corrected chi connectivity index (χ2v) is 19.0. The van der Waals surface area contributed by atoms with Crippen molar-refractivity contribution in [2.75, 3.05) is 6.61 Å². The Bertz CT molecular complexity index is 1280. The summed E-state index contributed by atoms with van der Waals surface area (Å²) in [6, 6.07) is -0.722. The van der Waals surface area contributed by atoms with Gasteiger partial charge in [-0.25, -0.2) is 0 Å². The van der Waals surface area contributed by atoms with Gasteiger partial charge in [0.1, 0.15) is 6.10 Å². The highest BCUT2D eigenvalue weighted by atomic mass is 16.5. The molecular formula is C61H107NO5. The van der Waals surface area contributed by atoms with Crippen LogP contribution in [0.4, 0.5) is 0 Å². The summed E-state index contributed by atoms with van der Waals surface area (Å²) in [5.74, 6) is -0.537. The van der Waals surface area contributed by atoms with Crippen molar-refractivity contribution in [3.63, 3.8) is 0 Å². The van der Waals surface area contributed by atoms with E-state index in [9.17, 15) is 19.8 Å². The van der Waals surface area contributed by atoms with Crippen molar-refractivity contribution in [2.45, 2.75) is 283 Å². The number of unbranched alkanes of at least 4 members (excludes halogenated alkanes) is 25. The highest BCUT2D eigenvalue weighted by Crippen LogP contribution is 2.17. The van der Waals surface area contributed by atoms with Gasteiger partial charge in [-0.2, -0.15) is 0 Å². The lowest BCUT2D eigenvalue weighted by Crippen LogP contribution is -2.46. The topological polar surface area (TPSA) is 95.9 Å². The van der Waals surface area contributed by atoms with Gasteiger partial charge in [-0.3, -0.25) is 9.59 Å². The van der Waals surface area contributed by atoms with Crippen LogP contribution in [0.2, 0.25) is 0 Å². The fraction of sp³-hybridized carbons (Fsp3) is 0.738. The Morgan fingerprint density at radius 2 is 0.851 bits per heavy atom. The van der Waals surface area contributed by atoms with Gasteiger partial charge >= 0.3 is 5.97 Å². The van der Waals surface area contributed by atoms with Gasteiger partial charge in [-0.15, -0.1) is 0 Å². The van der Waals surface area contributed by atoms with Crippen LogP contribution in [-0.4, -0.2) is 46.9 Å². The van der Waals surface area contributed by atoms with Crippen LogP contribution in [0, 0.1) is 0 Å².